The number of rotatable bonds is 5. The molecule has 0 heterocycles. The molecule has 0 aromatic heterocycles. The zero-order chi connectivity index (χ0) is 17.0. The van der Waals surface area contributed by atoms with Gasteiger partial charge in [0.2, 0.25) is 0 Å². The maximum Gasteiger partial charge on any atom is 0.416 e. The Hall–Kier alpha value is -2.30. The summed E-state index contributed by atoms with van der Waals surface area (Å²) in [5.41, 5.74) is 1.03. The molecule has 0 radical (unpaired) electrons. The summed E-state index contributed by atoms with van der Waals surface area (Å²) >= 11 is 0. The van der Waals surface area contributed by atoms with E-state index in [9.17, 15) is 18.0 Å². The van der Waals surface area contributed by atoms with Crippen molar-refractivity contribution in [3.8, 4) is 5.75 Å². The van der Waals surface area contributed by atoms with E-state index in [1.165, 1.54) is 13.0 Å². The Morgan fingerprint density at radius 1 is 1.13 bits per heavy atom. The molecule has 0 aliphatic carbocycles. The fourth-order valence-electron chi connectivity index (χ4n) is 2.39. The minimum absolute atomic E-state index is 0.0304. The molecule has 0 aliphatic heterocycles. The number of ketones is 1. The monoisotopic (exact) mass is 322 g/mol. The van der Waals surface area contributed by atoms with Gasteiger partial charge in [0.15, 0.2) is 5.78 Å². The summed E-state index contributed by atoms with van der Waals surface area (Å²) in [6.45, 7) is 3.35. The van der Waals surface area contributed by atoms with Crippen molar-refractivity contribution in [3.63, 3.8) is 0 Å². The lowest BCUT2D eigenvalue weighted by Gasteiger charge is -2.14. The molecule has 2 nitrogen and oxygen atoms in total. The van der Waals surface area contributed by atoms with E-state index in [0.29, 0.717) is 23.3 Å². The lowest BCUT2D eigenvalue weighted by Crippen LogP contribution is -2.07. The van der Waals surface area contributed by atoms with Crippen molar-refractivity contribution in [3.05, 3.63) is 64.7 Å². The molecule has 0 aliphatic rings. The van der Waals surface area contributed by atoms with Crippen LogP contribution in [0.3, 0.4) is 0 Å². The van der Waals surface area contributed by atoms with Crippen LogP contribution in [0.25, 0.3) is 0 Å². The first kappa shape index (κ1) is 17.1. The molecule has 2 aromatic rings. The van der Waals surface area contributed by atoms with Crippen molar-refractivity contribution in [2.24, 2.45) is 0 Å². The van der Waals surface area contributed by atoms with Gasteiger partial charge in [-0.15, -0.1) is 0 Å². The number of hydrogen-bond acceptors (Lipinski definition) is 2. The van der Waals surface area contributed by atoms with Crippen LogP contribution < -0.4 is 4.74 Å². The maximum atomic E-state index is 12.7. The van der Waals surface area contributed by atoms with E-state index in [1.54, 1.807) is 18.2 Å². The third kappa shape index (κ3) is 4.12. The van der Waals surface area contributed by atoms with Gasteiger partial charge in [0.05, 0.1) is 11.1 Å². The second-order valence-electron chi connectivity index (χ2n) is 5.19. The summed E-state index contributed by atoms with van der Waals surface area (Å²) in [5.74, 6) is 0.274. The Morgan fingerprint density at radius 2 is 1.83 bits per heavy atom. The molecule has 2 rings (SSSR count). The number of aryl methyl sites for hydroxylation is 1. The topological polar surface area (TPSA) is 26.3 Å². The fraction of sp³-hybridized carbons (Fsp3) is 0.278. The summed E-state index contributed by atoms with van der Waals surface area (Å²) in [5, 5.41) is 0. The minimum Gasteiger partial charge on any atom is -0.488 e. The van der Waals surface area contributed by atoms with Gasteiger partial charge in [-0.3, -0.25) is 4.79 Å². The van der Waals surface area contributed by atoms with Gasteiger partial charge in [-0.05, 0) is 42.7 Å². The first-order valence-corrected chi connectivity index (χ1v) is 7.24. The van der Waals surface area contributed by atoms with Crippen LogP contribution >= 0.6 is 0 Å². The standard InChI is InChI=1S/C18H17F3O2/c1-3-14-7-5-9-16(17(14)12(2)22)23-11-13-6-4-8-15(10-13)18(19,20)21/h4-10H,3,11H2,1-2H3. The van der Waals surface area contributed by atoms with Crippen molar-refractivity contribution in [2.45, 2.75) is 33.1 Å². The van der Waals surface area contributed by atoms with Crippen molar-refractivity contribution in [2.75, 3.05) is 0 Å². The third-order valence-electron chi connectivity index (χ3n) is 3.49. The van der Waals surface area contributed by atoms with Crippen molar-refractivity contribution >= 4 is 5.78 Å². The van der Waals surface area contributed by atoms with Gasteiger partial charge in [0.25, 0.3) is 0 Å². The van der Waals surface area contributed by atoms with Crippen LogP contribution in [0.4, 0.5) is 13.2 Å². The Labute approximate surface area is 132 Å². The summed E-state index contributed by atoms with van der Waals surface area (Å²) in [6.07, 6.45) is -3.71. The molecule has 0 atom stereocenters. The van der Waals surface area contributed by atoms with E-state index in [2.05, 4.69) is 0 Å². The second-order valence-corrected chi connectivity index (χ2v) is 5.19. The number of benzene rings is 2. The van der Waals surface area contributed by atoms with Crippen LogP contribution in [-0.4, -0.2) is 5.78 Å². The molecule has 0 fully saturated rings. The summed E-state index contributed by atoms with van der Waals surface area (Å²) in [6, 6.07) is 10.2. The molecular formula is C18H17F3O2. The summed E-state index contributed by atoms with van der Waals surface area (Å²) in [7, 11) is 0. The average molecular weight is 322 g/mol. The van der Waals surface area contributed by atoms with Crippen LogP contribution in [0, 0.1) is 0 Å². The molecule has 23 heavy (non-hydrogen) atoms. The highest BCUT2D eigenvalue weighted by molar-refractivity contribution is 5.98. The van der Waals surface area contributed by atoms with Gasteiger partial charge in [0.1, 0.15) is 12.4 Å². The number of halogens is 3. The maximum absolute atomic E-state index is 12.7. The molecule has 0 amide bonds. The molecule has 5 heteroatoms. The molecule has 0 saturated carbocycles. The van der Waals surface area contributed by atoms with Gasteiger partial charge in [0, 0.05) is 0 Å². The van der Waals surface area contributed by atoms with Crippen LogP contribution in [0.1, 0.15) is 40.9 Å². The van der Waals surface area contributed by atoms with Crippen molar-refractivity contribution < 1.29 is 22.7 Å². The van der Waals surface area contributed by atoms with E-state index in [0.717, 1.165) is 17.7 Å². The molecule has 0 spiro atoms. The predicted molar refractivity (Wildman–Crippen MR) is 81.6 cm³/mol. The smallest absolute Gasteiger partial charge is 0.416 e. The van der Waals surface area contributed by atoms with Gasteiger partial charge < -0.3 is 4.74 Å². The van der Waals surface area contributed by atoms with Gasteiger partial charge in [-0.2, -0.15) is 13.2 Å². The molecule has 0 bridgehead atoms. The highest BCUT2D eigenvalue weighted by Crippen LogP contribution is 2.30. The number of carbonyl (C=O) groups is 1. The second kappa shape index (κ2) is 6.86. The average Bonchev–Trinajstić information content (AvgIpc) is 2.51. The number of alkyl halides is 3. The zero-order valence-electron chi connectivity index (χ0n) is 12.9. The van der Waals surface area contributed by atoms with Gasteiger partial charge in [-0.25, -0.2) is 0 Å². The molecule has 122 valence electrons. The van der Waals surface area contributed by atoms with E-state index in [-0.39, 0.29) is 12.4 Å². The Balaban J connectivity index is 2.24. The zero-order valence-corrected chi connectivity index (χ0v) is 12.9. The lowest BCUT2D eigenvalue weighted by atomic mass is 10.0. The van der Waals surface area contributed by atoms with Crippen LogP contribution in [0.2, 0.25) is 0 Å². The van der Waals surface area contributed by atoms with Crippen LogP contribution in [0.15, 0.2) is 42.5 Å². The molecule has 0 saturated heterocycles. The number of carbonyl (C=O) groups excluding carboxylic acids is 1. The first-order chi connectivity index (χ1) is 10.8. The van der Waals surface area contributed by atoms with Crippen LogP contribution in [0.5, 0.6) is 5.75 Å². The Kier molecular flexibility index (Phi) is 5.08. The third-order valence-corrected chi connectivity index (χ3v) is 3.49. The highest BCUT2D eigenvalue weighted by Gasteiger charge is 2.30. The predicted octanol–water partition coefficient (Wildman–Crippen LogP) is 5.05. The molecule has 0 unspecified atom stereocenters. The fourth-order valence-corrected chi connectivity index (χ4v) is 2.39. The van der Waals surface area contributed by atoms with Gasteiger partial charge >= 0.3 is 6.18 Å². The Morgan fingerprint density at radius 3 is 2.43 bits per heavy atom. The first-order valence-electron chi connectivity index (χ1n) is 7.24. The molecular weight excluding hydrogens is 305 g/mol. The lowest BCUT2D eigenvalue weighted by molar-refractivity contribution is -0.137. The normalized spacial score (nSPS) is 11.3. The highest BCUT2D eigenvalue weighted by atomic mass is 19.4. The number of hydrogen-bond donors (Lipinski definition) is 0. The SMILES string of the molecule is CCc1cccc(OCc2cccc(C(F)(F)F)c2)c1C(C)=O. The number of Topliss-reactive ketones (excluding diaryl/α,β-unsaturated/α-hetero) is 1. The molecule has 0 N–H and O–H groups in total. The van der Waals surface area contributed by atoms with Crippen molar-refractivity contribution in [1.29, 1.82) is 0 Å². The summed E-state index contributed by atoms with van der Waals surface area (Å²) < 4.78 is 43.7. The minimum atomic E-state index is -4.39. The van der Waals surface area contributed by atoms with Crippen molar-refractivity contribution in [1.82, 2.24) is 0 Å². The van der Waals surface area contributed by atoms with Gasteiger partial charge in [-0.1, -0.05) is 31.2 Å². The summed E-state index contributed by atoms with van der Waals surface area (Å²) in [4.78, 5) is 11.8. The quantitative estimate of drug-likeness (QED) is 0.720. The molecule has 2 aromatic carbocycles. The number of ether oxygens (including phenoxy) is 1. The van der Waals surface area contributed by atoms with E-state index < -0.39 is 11.7 Å². The van der Waals surface area contributed by atoms with E-state index in [4.69, 9.17) is 4.74 Å². The van der Waals surface area contributed by atoms with Crippen LogP contribution in [-0.2, 0) is 19.2 Å². The Bertz CT molecular complexity index is 706. The largest absolute Gasteiger partial charge is 0.488 e. The van der Waals surface area contributed by atoms with E-state index in [1.807, 2.05) is 13.0 Å². The van der Waals surface area contributed by atoms with E-state index >= 15 is 0 Å².